The monoisotopic (exact) mass is 1180 g/mol. The second kappa shape index (κ2) is 39.8. The van der Waals surface area contributed by atoms with E-state index in [-0.39, 0.29) is 0 Å². The van der Waals surface area contributed by atoms with E-state index in [1.54, 1.807) is 0 Å². The second-order valence-corrected chi connectivity index (χ2v) is 24.6. The summed E-state index contributed by atoms with van der Waals surface area (Å²) in [7, 11) is 0. The van der Waals surface area contributed by atoms with Gasteiger partial charge in [0.15, 0.2) is 0 Å². The Morgan fingerprint density at radius 1 is 0.189 bits per heavy atom. The van der Waals surface area contributed by atoms with Crippen LogP contribution in [0.25, 0.3) is 0 Å². The molecular formula is C90H102. The lowest BCUT2D eigenvalue weighted by atomic mass is 9.91. The predicted octanol–water partition coefficient (Wildman–Crippen LogP) is 22.4. The Hall–Kier alpha value is -8.10. The van der Waals surface area contributed by atoms with Crippen LogP contribution in [0, 0.1) is 71.0 Å². The van der Waals surface area contributed by atoms with Crippen molar-refractivity contribution in [3.8, 4) is 71.0 Å². The van der Waals surface area contributed by atoms with E-state index in [0.29, 0.717) is 0 Å². The number of hydrogen-bond donors (Lipinski definition) is 0. The summed E-state index contributed by atoms with van der Waals surface area (Å²) in [6.07, 6.45) is 33.3. The minimum atomic E-state index is 0.881. The molecule has 0 radical (unpaired) electrons. The maximum Gasteiger partial charge on any atom is 0.0284 e. The number of rotatable bonds is 28. The van der Waals surface area contributed by atoms with Gasteiger partial charge >= 0.3 is 0 Å². The van der Waals surface area contributed by atoms with Crippen molar-refractivity contribution in [2.45, 2.75) is 235 Å². The maximum atomic E-state index is 3.78. The van der Waals surface area contributed by atoms with Gasteiger partial charge in [-0.1, -0.05) is 253 Å². The van der Waals surface area contributed by atoms with E-state index >= 15 is 0 Å². The van der Waals surface area contributed by atoms with Gasteiger partial charge in [0.1, 0.15) is 0 Å². The third-order valence-electron chi connectivity index (χ3n) is 17.5. The lowest BCUT2D eigenvalue weighted by Gasteiger charge is -2.13. The number of hydrogen-bond acceptors (Lipinski definition) is 0. The van der Waals surface area contributed by atoms with Crippen LogP contribution in [-0.2, 0) is 51.4 Å². The first-order valence-corrected chi connectivity index (χ1v) is 35.2. The fourth-order valence-electron chi connectivity index (χ4n) is 11.7. The van der Waals surface area contributed by atoms with Crippen LogP contribution in [0.15, 0.2) is 133 Å². The SMILES string of the molecule is CCCCCCCCc1ccc(C#Cc2ccc(C#Cc3cc(CC)c(C#Cc4cc(CCCCCC)c(C#Cc5cc(CC)c(C#Cc6ccc(C#Cc7ccc(CCCCCCCC)cc7)cc6)cc5CC)cc4CCCCCC)cc3CC)cc2)cc1. The normalized spacial score (nSPS) is 10.5. The summed E-state index contributed by atoms with van der Waals surface area (Å²) in [6, 6.07) is 48.3. The molecule has 7 aromatic rings. The minimum absolute atomic E-state index is 0.881. The first-order chi connectivity index (χ1) is 44.3. The summed E-state index contributed by atoms with van der Waals surface area (Å²) >= 11 is 0. The number of aryl methyl sites for hydroxylation is 8. The third kappa shape index (κ3) is 23.4. The van der Waals surface area contributed by atoms with Crippen LogP contribution in [0.5, 0.6) is 0 Å². The van der Waals surface area contributed by atoms with E-state index in [1.807, 2.05) is 0 Å². The highest BCUT2D eigenvalue weighted by atomic mass is 14.2. The molecule has 462 valence electrons. The van der Waals surface area contributed by atoms with Crippen LogP contribution < -0.4 is 0 Å². The van der Waals surface area contributed by atoms with Crippen LogP contribution in [-0.4, -0.2) is 0 Å². The molecule has 0 heteroatoms. The number of unbranched alkanes of at least 4 members (excludes halogenated alkanes) is 16. The maximum absolute atomic E-state index is 3.78. The molecule has 0 heterocycles. The lowest BCUT2D eigenvalue weighted by molar-refractivity contribution is 0.607. The molecule has 7 rings (SSSR count). The van der Waals surface area contributed by atoms with Crippen LogP contribution in [0.1, 0.15) is 295 Å². The van der Waals surface area contributed by atoms with Gasteiger partial charge in [-0.15, -0.1) is 0 Å². The van der Waals surface area contributed by atoms with Crippen LogP contribution in [0.4, 0.5) is 0 Å². The lowest BCUT2D eigenvalue weighted by Crippen LogP contribution is -2.00. The average molecular weight is 1180 g/mol. The Balaban J connectivity index is 1.08. The molecular weight excluding hydrogens is 1080 g/mol. The van der Waals surface area contributed by atoms with Crippen LogP contribution in [0.2, 0.25) is 0 Å². The van der Waals surface area contributed by atoms with Crippen molar-refractivity contribution in [3.05, 3.63) is 245 Å². The molecule has 0 amide bonds. The molecule has 0 saturated carbocycles. The van der Waals surface area contributed by atoms with Gasteiger partial charge in [-0.05, 0) is 231 Å². The Morgan fingerprint density at radius 2 is 0.378 bits per heavy atom. The van der Waals surface area contributed by atoms with Crippen molar-refractivity contribution in [1.29, 1.82) is 0 Å². The molecule has 0 nitrogen and oxygen atoms in total. The molecule has 0 aromatic heterocycles. The van der Waals surface area contributed by atoms with Crippen LogP contribution >= 0.6 is 0 Å². The first kappa shape index (κ1) is 69.4. The zero-order chi connectivity index (χ0) is 63.4. The fraction of sp³-hybridized carbons (Fsp3) is 0.400. The van der Waals surface area contributed by atoms with Crippen LogP contribution in [0.3, 0.4) is 0 Å². The molecule has 0 unspecified atom stereocenters. The molecule has 0 aliphatic rings. The zero-order valence-electron chi connectivity index (χ0n) is 56.5. The van der Waals surface area contributed by atoms with E-state index in [9.17, 15) is 0 Å². The van der Waals surface area contributed by atoms with E-state index in [2.05, 4.69) is 260 Å². The molecule has 7 aromatic carbocycles. The Bertz CT molecular complexity index is 3500. The largest absolute Gasteiger partial charge is 0.0654 e. The fourth-order valence-corrected chi connectivity index (χ4v) is 11.7. The van der Waals surface area contributed by atoms with Crippen molar-refractivity contribution >= 4 is 0 Å². The summed E-state index contributed by atoms with van der Waals surface area (Å²) in [4.78, 5) is 0. The summed E-state index contributed by atoms with van der Waals surface area (Å²) in [5, 5.41) is 0. The Kier molecular flexibility index (Phi) is 30.7. The second-order valence-electron chi connectivity index (χ2n) is 24.6. The number of benzene rings is 7. The van der Waals surface area contributed by atoms with E-state index < -0.39 is 0 Å². The van der Waals surface area contributed by atoms with E-state index in [1.165, 1.54) is 160 Å². The van der Waals surface area contributed by atoms with Crippen molar-refractivity contribution < 1.29 is 0 Å². The third-order valence-corrected chi connectivity index (χ3v) is 17.5. The van der Waals surface area contributed by atoms with Gasteiger partial charge in [-0.3, -0.25) is 0 Å². The molecule has 0 atom stereocenters. The molecule has 0 bridgehead atoms. The molecule has 0 saturated heterocycles. The Labute approximate surface area is 547 Å². The topological polar surface area (TPSA) is 0 Å². The Morgan fingerprint density at radius 3 is 0.644 bits per heavy atom. The molecule has 0 aliphatic heterocycles. The van der Waals surface area contributed by atoms with Gasteiger partial charge in [0.05, 0.1) is 0 Å². The first-order valence-electron chi connectivity index (χ1n) is 35.2. The molecule has 0 N–H and O–H groups in total. The smallest absolute Gasteiger partial charge is 0.0284 e. The highest BCUT2D eigenvalue weighted by Gasteiger charge is 2.12. The van der Waals surface area contributed by atoms with Crippen molar-refractivity contribution in [2.24, 2.45) is 0 Å². The standard InChI is InChI=1S/C90H102/c1-9-17-21-25-27-29-33-71-37-41-73(42-38-71)45-47-75-49-53-77(54-50-75)57-59-85-65-81(15-7)87(67-79(85)13-5)61-63-89-69-84(36-32-24-20-12-4)90(70-83(89)35-31-23-19-11-3)64-62-88-68-80(14-6)86(66-82(88)16-8)60-58-78-55-51-76(52-56-78)48-46-74-43-39-72(40-44-74)34-30-28-26-22-18-10-2/h37-44,49-56,65-70H,9-36H2,1-8H3. The summed E-state index contributed by atoms with van der Waals surface area (Å²) < 4.78 is 0. The van der Waals surface area contributed by atoms with Crippen molar-refractivity contribution in [1.82, 2.24) is 0 Å². The minimum Gasteiger partial charge on any atom is -0.0654 e. The van der Waals surface area contributed by atoms with Crippen molar-refractivity contribution in [2.75, 3.05) is 0 Å². The summed E-state index contributed by atoms with van der Waals surface area (Å²) in [5.74, 6) is 42.6. The molecule has 0 spiro atoms. The molecule has 0 fully saturated rings. The quantitative estimate of drug-likeness (QED) is 0.0339. The summed E-state index contributed by atoms with van der Waals surface area (Å²) in [6.45, 7) is 18.0. The zero-order valence-corrected chi connectivity index (χ0v) is 56.5. The van der Waals surface area contributed by atoms with Gasteiger partial charge in [-0.25, -0.2) is 0 Å². The summed E-state index contributed by atoms with van der Waals surface area (Å²) in [5.41, 5.74) is 23.0. The van der Waals surface area contributed by atoms with Gasteiger partial charge in [0.25, 0.3) is 0 Å². The van der Waals surface area contributed by atoms with Gasteiger partial charge in [0, 0.05) is 66.8 Å². The van der Waals surface area contributed by atoms with Crippen molar-refractivity contribution in [3.63, 3.8) is 0 Å². The highest BCUT2D eigenvalue weighted by Crippen LogP contribution is 2.25. The van der Waals surface area contributed by atoms with E-state index in [4.69, 9.17) is 0 Å². The van der Waals surface area contributed by atoms with E-state index in [0.717, 1.165) is 131 Å². The van der Waals surface area contributed by atoms with Gasteiger partial charge < -0.3 is 0 Å². The predicted molar refractivity (Wildman–Crippen MR) is 388 cm³/mol. The highest BCUT2D eigenvalue weighted by molar-refractivity contribution is 5.61. The van der Waals surface area contributed by atoms with Gasteiger partial charge in [-0.2, -0.15) is 0 Å². The average Bonchev–Trinajstić information content (AvgIpc) is 1.68. The van der Waals surface area contributed by atoms with Gasteiger partial charge in [0.2, 0.25) is 0 Å². The molecule has 90 heavy (non-hydrogen) atoms. The molecule has 0 aliphatic carbocycles.